The van der Waals surface area contributed by atoms with Crippen molar-refractivity contribution in [3.05, 3.63) is 43.0 Å². The smallest absolute Gasteiger partial charge is 0.333 e. The summed E-state index contributed by atoms with van der Waals surface area (Å²) in [4.78, 5) is 24.8. The standard InChI is InChI=1S/C17H21N7O5S/c1-28-13(9-29-30(18,26)27)7-8-24-11-21-14-15(19-10-20-16(14)24)23-17(25)22-12-5-3-2-4-6-12/h2-6,10-11,13H,7-9H2,1H3,(H2,18,26,27)(H2,19,20,22,23,25)/t13-/m0/s1. The van der Waals surface area contributed by atoms with E-state index in [2.05, 4.69) is 29.8 Å². The predicted octanol–water partition coefficient (Wildman–Crippen LogP) is 1.10. The number of fused-ring (bicyclic) bond motifs is 1. The van der Waals surface area contributed by atoms with Crippen molar-refractivity contribution in [1.29, 1.82) is 0 Å². The minimum Gasteiger partial charge on any atom is -0.379 e. The quantitative estimate of drug-likeness (QED) is 0.450. The number of amides is 2. The molecule has 13 heteroatoms. The minimum atomic E-state index is -4.04. The number of urea groups is 1. The Morgan fingerprint density at radius 2 is 1.97 bits per heavy atom. The highest BCUT2D eigenvalue weighted by molar-refractivity contribution is 7.84. The van der Waals surface area contributed by atoms with Crippen LogP contribution in [0.4, 0.5) is 16.3 Å². The average molecular weight is 435 g/mol. The van der Waals surface area contributed by atoms with Crippen LogP contribution >= 0.6 is 0 Å². The fraction of sp³-hybridized carbons (Fsp3) is 0.294. The summed E-state index contributed by atoms with van der Waals surface area (Å²) in [6, 6.07) is 8.52. The lowest BCUT2D eigenvalue weighted by Crippen LogP contribution is -2.25. The molecule has 0 spiro atoms. The number of carbonyl (C=O) groups excluding carboxylic acids is 1. The van der Waals surface area contributed by atoms with Crippen molar-refractivity contribution in [2.45, 2.75) is 19.1 Å². The second kappa shape index (κ2) is 9.58. The maximum absolute atomic E-state index is 12.2. The molecule has 4 N–H and O–H groups in total. The van der Waals surface area contributed by atoms with E-state index >= 15 is 0 Å². The van der Waals surface area contributed by atoms with Crippen molar-refractivity contribution in [1.82, 2.24) is 19.5 Å². The summed E-state index contributed by atoms with van der Waals surface area (Å²) in [5, 5.41) is 10.2. The van der Waals surface area contributed by atoms with Crippen molar-refractivity contribution < 1.29 is 22.1 Å². The van der Waals surface area contributed by atoms with Gasteiger partial charge in [-0.3, -0.25) is 9.50 Å². The summed E-state index contributed by atoms with van der Waals surface area (Å²) < 4.78 is 33.4. The number of ether oxygens (including phenoxy) is 1. The van der Waals surface area contributed by atoms with Gasteiger partial charge in [0.1, 0.15) is 6.33 Å². The van der Waals surface area contributed by atoms with Crippen LogP contribution in [0, 0.1) is 0 Å². The van der Waals surface area contributed by atoms with E-state index in [1.54, 1.807) is 35.2 Å². The fourth-order valence-electron chi connectivity index (χ4n) is 2.65. The number of nitrogens with one attached hydrogen (secondary N) is 2. The van der Waals surface area contributed by atoms with Gasteiger partial charge in [0.15, 0.2) is 17.0 Å². The molecule has 0 bridgehead atoms. The third kappa shape index (κ3) is 5.93. The Kier molecular flexibility index (Phi) is 6.89. The van der Waals surface area contributed by atoms with Gasteiger partial charge in [0.2, 0.25) is 0 Å². The molecule has 30 heavy (non-hydrogen) atoms. The van der Waals surface area contributed by atoms with Gasteiger partial charge < -0.3 is 14.6 Å². The zero-order valence-corrected chi connectivity index (χ0v) is 16.9. The number of imidazole rings is 1. The number of hydrogen-bond acceptors (Lipinski definition) is 8. The van der Waals surface area contributed by atoms with E-state index in [9.17, 15) is 13.2 Å². The van der Waals surface area contributed by atoms with E-state index in [-0.39, 0.29) is 12.4 Å². The Bertz CT molecular complexity index is 1100. The molecule has 2 amide bonds. The molecule has 2 aromatic heterocycles. The van der Waals surface area contributed by atoms with Crippen molar-refractivity contribution >= 4 is 39.0 Å². The normalized spacial score (nSPS) is 12.6. The summed E-state index contributed by atoms with van der Waals surface area (Å²) in [5.74, 6) is 0.257. The number of aromatic nitrogens is 4. The van der Waals surface area contributed by atoms with E-state index in [4.69, 9.17) is 9.88 Å². The number of para-hydroxylation sites is 1. The van der Waals surface area contributed by atoms with Crippen molar-refractivity contribution in [3.8, 4) is 0 Å². The first-order valence-electron chi connectivity index (χ1n) is 8.84. The number of aryl methyl sites for hydroxylation is 1. The summed E-state index contributed by atoms with van der Waals surface area (Å²) in [6.45, 7) is 0.207. The van der Waals surface area contributed by atoms with Crippen LogP contribution in [0.25, 0.3) is 11.2 Å². The molecule has 0 aliphatic carbocycles. The Hall–Kier alpha value is -3.13. The molecule has 0 radical (unpaired) electrons. The van der Waals surface area contributed by atoms with Gasteiger partial charge >= 0.3 is 16.3 Å². The first kappa shape index (κ1) is 21.6. The molecule has 0 aliphatic heterocycles. The van der Waals surface area contributed by atoms with Crippen LogP contribution in [-0.4, -0.2) is 53.8 Å². The number of hydrogen-bond donors (Lipinski definition) is 3. The number of rotatable bonds is 9. The average Bonchev–Trinajstić information content (AvgIpc) is 3.12. The first-order chi connectivity index (χ1) is 14.4. The number of benzene rings is 1. The van der Waals surface area contributed by atoms with Gasteiger partial charge in [0.25, 0.3) is 0 Å². The van der Waals surface area contributed by atoms with Gasteiger partial charge in [-0.05, 0) is 18.6 Å². The zero-order chi connectivity index (χ0) is 21.6. The molecule has 0 saturated heterocycles. The molecule has 1 aromatic carbocycles. The fourth-order valence-corrected chi connectivity index (χ4v) is 2.99. The van der Waals surface area contributed by atoms with Crippen molar-refractivity contribution in [2.24, 2.45) is 5.14 Å². The van der Waals surface area contributed by atoms with Crippen molar-refractivity contribution in [2.75, 3.05) is 24.4 Å². The molecule has 3 aromatic rings. The highest BCUT2D eigenvalue weighted by Gasteiger charge is 2.16. The zero-order valence-electron chi connectivity index (χ0n) is 16.1. The summed E-state index contributed by atoms with van der Waals surface area (Å²) in [7, 11) is -2.60. The number of nitrogens with zero attached hydrogens (tertiary/aromatic N) is 4. The molecule has 12 nitrogen and oxygen atoms in total. The van der Waals surface area contributed by atoms with Crippen molar-refractivity contribution in [3.63, 3.8) is 0 Å². The van der Waals surface area contributed by atoms with E-state index in [1.165, 1.54) is 13.4 Å². The van der Waals surface area contributed by atoms with Crippen LogP contribution in [0.2, 0.25) is 0 Å². The van der Waals surface area contributed by atoms with Gasteiger partial charge in [-0.15, -0.1) is 0 Å². The number of anilines is 2. The van der Waals surface area contributed by atoms with Crippen LogP contribution in [-0.2, 0) is 25.8 Å². The van der Waals surface area contributed by atoms with E-state index in [0.29, 0.717) is 29.8 Å². The molecule has 3 rings (SSSR count). The minimum absolute atomic E-state index is 0.205. The Morgan fingerprint density at radius 3 is 2.67 bits per heavy atom. The molecular weight excluding hydrogens is 414 g/mol. The molecule has 2 heterocycles. The Morgan fingerprint density at radius 1 is 1.20 bits per heavy atom. The molecule has 0 saturated carbocycles. The second-order valence-electron chi connectivity index (χ2n) is 6.20. The van der Waals surface area contributed by atoms with Crippen LogP contribution in [0.1, 0.15) is 6.42 Å². The summed E-state index contributed by atoms with van der Waals surface area (Å²) >= 11 is 0. The topological polar surface area (TPSA) is 163 Å². The monoisotopic (exact) mass is 435 g/mol. The third-order valence-electron chi connectivity index (χ3n) is 4.11. The third-order valence-corrected chi connectivity index (χ3v) is 4.57. The number of methoxy groups -OCH3 is 1. The lowest BCUT2D eigenvalue weighted by Gasteiger charge is -2.14. The number of carbonyl (C=O) groups is 1. The molecular formula is C17H21N7O5S. The molecule has 0 aliphatic rings. The highest BCUT2D eigenvalue weighted by Crippen LogP contribution is 2.18. The van der Waals surface area contributed by atoms with Crippen LogP contribution < -0.4 is 15.8 Å². The van der Waals surface area contributed by atoms with Gasteiger partial charge in [-0.1, -0.05) is 18.2 Å². The maximum Gasteiger partial charge on any atom is 0.333 e. The van der Waals surface area contributed by atoms with Gasteiger partial charge in [0, 0.05) is 19.3 Å². The van der Waals surface area contributed by atoms with Crippen LogP contribution in [0.5, 0.6) is 0 Å². The summed E-state index contributed by atoms with van der Waals surface area (Å²) in [5.41, 5.74) is 1.55. The van der Waals surface area contributed by atoms with E-state index in [0.717, 1.165) is 0 Å². The molecule has 1 atom stereocenters. The Balaban J connectivity index is 1.66. The summed E-state index contributed by atoms with van der Waals surface area (Å²) in [6.07, 6.45) is 2.78. The molecule has 0 unspecified atom stereocenters. The second-order valence-corrected chi connectivity index (χ2v) is 7.42. The molecule has 160 valence electrons. The van der Waals surface area contributed by atoms with E-state index < -0.39 is 22.4 Å². The Labute approximate surface area is 172 Å². The molecule has 0 fully saturated rings. The van der Waals surface area contributed by atoms with Gasteiger partial charge in [-0.25, -0.2) is 24.9 Å². The largest absolute Gasteiger partial charge is 0.379 e. The van der Waals surface area contributed by atoms with Gasteiger partial charge in [-0.2, -0.15) is 8.42 Å². The van der Waals surface area contributed by atoms with Crippen LogP contribution in [0.15, 0.2) is 43.0 Å². The predicted molar refractivity (Wildman–Crippen MR) is 109 cm³/mol. The SMILES string of the molecule is CO[C@@H](CCn1cnc2c(NC(=O)Nc3ccccc3)ncnc21)COS(N)(=O)=O. The highest BCUT2D eigenvalue weighted by atomic mass is 32.2. The van der Waals surface area contributed by atoms with Gasteiger partial charge in [0.05, 0.1) is 19.0 Å². The van der Waals surface area contributed by atoms with E-state index in [1.807, 2.05) is 6.07 Å². The first-order valence-corrected chi connectivity index (χ1v) is 10.3. The lowest BCUT2D eigenvalue weighted by atomic mass is 10.2. The van der Waals surface area contributed by atoms with Crippen LogP contribution in [0.3, 0.4) is 0 Å². The number of nitrogens with two attached hydrogens (primary N) is 1. The lowest BCUT2D eigenvalue weighted by molar-refractivity contribution is 0.0512. The maximum atomic E-state index is 12.2.